The first-order chi connectivity index (χ1) is 7.83. The molecule has 0 spiro atoms. The Kier molecular flexibility index (Phi) is 4.69. The van der Waals surface area contributed by atoms with Gasteiger partial charge >= 0.3 is 0 Å². The quantitative estimate of drug-likeness (QED) is 0.857. The SMILES string of the molecule is CC(C)Cn1cnnc1C(CN)CC(C)(C)C. The minimum absolute atomic E-state index is 0.263. The Hall–Kier alpha value is -0.900. The van der Waals surface area contributed by atoms with Gasteiger partial charge in [-0.1, -0.05) is 34.6 Å². The van der Waals surface area contributed by atoms with Gasteiger partial charge in [-0.05, 0) is 17.8 Å². The third-order valence-corrected chi connectivity index (χ3v) is 2.72. The first-order valence-corrected chi connectivity index (χ1v) is 6.41. The van der Waals surface area contributed by atoms with Crippen LogP contribution in [-0.2, 0) is 6.54 Å². The van der Waals surface area contributed by atoms with E-state index in [0.29, 0.717) is 18.4 Å². The summed E-state index contributed by atoms with van der Waals surface area (Å²) in [6, 6.07) is 0. The van der Waals surface area contributed by atoms with Gasteiger partial charge in [-0.25, -0.2) is 0 Å². The molecule has 1 aromatic rings. The highest BCUT2D eigenvalue weighted by Crippen LogP contribution is 2.29. The summed E-state index contributed by atoms with van der Waals surface area (Å²) in [5, 5.41) is 8.29. The molecule has 0 bridgehead atoms. The predicted molar refractivity (Wildman–Crippen MR) is 70.7 cm³/mol. The maximum absolute atomic E-state index is 5.89. The molecule has 0 saturated carbocycles. The summed E-state index contributed by atoms with van der Waals surface area (Å²) in [4.78, 5) is 0. The summed E-state index contributed by atoms with van der Waals surface area (Å²) in [5.74, 6) is 1.94. The second-order valence-corrected chi connectivity index (χ2v) is 6.43. The highest BCUT2D eigenvalue weighted by Gasteiger charge is 2.23. The van der Waals surface area contributed by atoms with Crippen LogP contribution < -0.4 is 5.73 Å². The Morgan fingerprint density at radius 1 is 1.35 bits per heavy atom. The molecule has 1 atom stereocenters. The van der Waals surface area contributed by atoms with E-state index in [0.717, 1.165) is 18.8 Å². The van der Waals surface area contributed by atoms with Crippen LogP contribution in [0.15, 0.2) is 6.33 Å². The van der Waals surface area contributed by atoms with E-state index in [9.17, 15) is 0 Å². The van der Waals surface area contributed by atoms with Crippen molar-refractivity contribution < 1.29 is 0 Å². The van der Waals surface area contributed by atoms with Crippen molar-refractivity contribution in [3.05, 3.63) is 12.2 Å². The van der Waals surface area contributed by atoms with Crippen LogP contribution in [0.5, 0.6) is 0 Å². The van der Waals surface area contributed by atoms with Crippen LogP contribution in [0.2, 0.25) is 0 Å². The Bertz CT molecular complexity index is 335. The molecule has 0 fully saturated rings. The topological polar surface area (TPSA) is 56.7 Å². The maximum Gasteiger partial charge on any atom is 0.137 e. The van der Waals surface area contributed by atoms with Gasteiger partial charge in [-0.3, -0.25) is 0 Å². The Labute approximate surface area is 105 Å². The zero-order chi connectivity index (χ0) is 13.1. The molecule has 1 aromatic heterocycles. The molecule has 0 aromatic carbocycles. The second-order valence-electron chi connectivity index (χ2n) is 6.43. The van der Waals surface area contributed by atoms with E-state index in [4.69, 9.17) is 5.73 Å². The number of nitrogens with zero attached hydrogens (tertiary/aromatic N) is 3. The second kappa shape index (κ2) is 5.63. The largest absolute Gasteiger partial charge is 0.330 e. The highest BCUT2D eigenvalue weighted by atomic mass is 15.3. The van der Waals surface area contributed by atoms with Crippen molar-refractivity contribution in [1.29, 1.82) is 0 Å². The Morgan fingerprint density at radius 2 is 2.00 bits per heavy atom. The lowest BCUT2D eigenvalue weighted by atomic mass is 9.84. The average molecular weight is 238 g/mol. The van der Waals surface area contributed by atoms with Crippen LogP contribution in [0.25, 0.3) is 0 Å². The molecule has 0 amide bonds. The summed E-state index contributed by atoms with van der Waals surface area (Å²) in [6.07, 6.45) is 2.86. The summed E-state index contributed by atoms with van der Waals surface area (Å²) < 4.78 is 2.15. The standard InChI is InChI=1S/C13H26N4/c1-10(2)8-17-9-15-16-12(17)11(7-14)6-13(3,4)5/h9-11H,6-8,14H2,1-5H3. The Morgan fingerprint density at radius 3 is 2.47 bits per heavy atom. The average Bonchev–Trinajstić information content (AvgIpc) is 2.60. The van der Waals surface area contributed by atoms with E-state index in [2.05, 4.69) is 49.4 Å². The van der Waals surface area contributed by atoms with Crippen molar-refractivity contribution in [3.8, 4) is 0 Å². The molecule has 0 radical (unpaired) electrons. The molecule has 1 heterocycles. The lowest BCUT2D eigenvalue weighted by Crippen LogP contribution is -2.23. The van der Waals surface area contributed by atoms with Crippen molar-refractivity contribution in [2.24, 2.45) is 17.1 Å². The van der Waals surface area contributed by atoms with E-state index >= 15 is 0 Å². The van der Waals surface area contributed by atoms with Gasteiger partial charge in [0, 0.05) is 19.0 Å². The van der Waals surface area contributed by atoms with E-state index in [1.54, 1.807) is 0 Å². The summed E-state index contributed by atoms with van der Waals surface area (Å²) in [5.41, 5.74) is 6.15. The zero-order valence-electron chi connectivity index (χ0n) is 11.8. The molecule has 4 nitrogen and oxygen atoms in total. The molecule has 1 unspecified atom stereocenters. The van der Waals surface area contributed by atoms with Crippen LogP contribution in [0.3, 0.4) is 0 Å². The lowest BCUT2D eigenvalue weighted by molar-refractivity contribution is 0.328. The molecule has 1 rings (SSSR count). The molecule has 0 aliphatic heterocycles. The molecular weight excluding hydrogens is 212 g/mol. The van der Waals surface area contributed by atoms with E-state index in [-0.39, 0.29) is 5.41 Å². The molecule has 98 valence electrons. The first kappa shape index (κ1) is 14.2. The summed E-state index contributed by atoms with van der Waals surface area (Å²) in [6.45, 7) is 12.7. The Balaban J connectivity index is 2.85. The maximum atomic E-state index is 5.89. The van der Waals surface area contributed by atoms with Crippen molar-refractivity contribution in [1.82, 2.24) is 14.8 Å². The van der Waals surface area contributed by atoms with E-state index in [1.165, 1.54) is 0 Å². The molecule has 2 N–H and O–H groups in total. The molecule has 17 heavy (non-hydrogen) atoms. The van der Waals surface area contributed by atoms with Crippen LogP contribution in [0.1, 0.15) is 52.8 Å². The van der Waals surface area contributed by atoms with Gasteiger partial charge in [0.05, 0.1) is 0 Å². The monoisotopic (exact) mass is 238 g/mol. The fraction of sp³-hybridized carbons (Fsp3) is 0.846. The predicted octanol–water partition coefficient (Wildman–Crippen LogP) is 2.41. The number of hydrogen-bond donors (Lipinski definition) is 1. The minimum atomic E-state index is 0.263. The van der Waals surface area contributed by atoms with Crippen LogP contribution in [-0.4, -0.2) is 21.3 Å². The van der Waals surface area contributed by atoms with Crippen LogP contribution in [0.4, 0.5) is 0 Å². The number of rotatable bonds is 5. The molecular formula is C13H26N4. The van der Waals surface area contributed by atoms with Crippen LogP contribution in [0, 0.1) is 11.3 Å². The van der Waals surface area contributed by atoms with Gasteiger partial charge in [0.25, 0.3) is 0 Å². The minimum Gasteiger partial charge on any atom is -0.330 e. The molecule has 0 aliphatic rings. The number of hydrogen-bond acceptors (Lipinski definition) is 3. The lowest BCUT2D eigenvalue weighted by Gasteiger charge is -2.25. The van der Waals surface area contributed by atoms with Gasteiger partial charge in [-0.2, -0.15) is 0 Å². The van der Waals surface area contributed by atoms with Gasteiger partial charge in [0.2, 0.25) is 0 Å². The smallest absolute Gasteiger partial charge is 0.137 e. The summed E-state index contributed by atoms with van der Waals surface area (Å²) in [7, 11) is 0. The molecule has 0 aliphatic carbocycles. The fourth-order valence-electron chi connectivity index (χ4n) is 2.13. The van der Waals surface area contributed by atoms with Crippen molar-refractivity contribution in [3.63, 3.8) is 0 Å². The van der Waals surface area contributed by atoms with Crippen molar-refractivity contribution in [2.75, 3.05) is 6.54 Å². The number of nitrogens with two attached hydrogens (primary N) is 1. The number of aromatic nitrogens is 3. The molecule has 0 saturated heterocycles. The van der Waals surface area contributed by atoms with Gasteiger partial charge in [-0.15, -0.1) is 10.2 Å². The van der Waals surface area contributed by atoms with Gasteiger partial charge in [0.15, 0.2) is 0 Å². The zero-order valence-corrected chi connectivity index (χ0v) is 11.8. The van der Waals surface area contributed by atoms with Crippen LogP contribution >= 0.6 is 0 Å². The van der Waals surface area contributed by atoms with E-state index < -0.39 is 0 Å². The van der Waals surface area contributed by atoms with Crippen molar-refractivity contribution >= 4 is 0 Å². The van der Waals surface area contributed by atoms with Gasteiger partial charge < -0.3 is 10.3 Å². The molecule has 4 heteroatoms. The van der Waals surface area contributed by atoms with Crippen molar-refractivity contribution in [2.45, 2.75) is 53.5 Å². The van der Waals surface area contributed by atoms with Gasteiger partial charge in [0.1, 0.15) is 12.2 Å². The highest BCUT2D eigenvalue weighted by molar-refractivity contribution is 4.99. The summed E-state index contributed by atoms with van der Waals surface area (Å²) >= 11 is 0. The third kappa shape index (κ3) is 4.46. The first-order valence-electron chi connectivity index (χ1n) is 6.41. The normalized spacial score (nSPS) is 14.3. The third-order valence-electron chi connectivity index (χ3n) is 2.72. The fourth-order valence-corrected chi connectivity index (χ4v) is 2.13. The van der Waals surface area contributed by atoms with E-state index in [1.807, 2.05) is 6.33 Å².